The lowest BCUT2D eigenvalue weighted by Crippen LogP contribution is -2.21. The molecule has 1 rings (SSSR count). The molecule has 2 N–H and O–H groups in total. The van der Waals surface area contributed by atoms with Crippen LogP contribution in [0.3, 0.4) is 0 Å². The van der Waals surface area contributed by atoms with E-state index in [4.69, 9.17) is 5.11 Å². The number of hydrogen-bond acceptors (Lipinski definition) is 3. The first kappa shape index (κ1) is 12.2. The molecular weight excluding hydrogens is 262 g/mol. The number of rotatable bonds is 5. The summed E-state index contributed by atoms with van der Waals surface area (Å²) in [5, 5.41) is 12.5. The van der Waals surface area contributed by atoms with Gasteiger partial charge in [0.1, 0.15) is 0 Å². The summed E-state index contributed by atoms with van der Waals surface area (Å²) >= 11 is 5.19. The zero-order valence-electron chi connectivity index (χ0n) is 8.46. The van der Waals surface area contributed by atoms with E-state index in [0.717, 1.165) is 16.8 Å². The second-order valence-corrected chi connectivity index (χ2v) is 5.95. The van der Waals surface area contributed by atoms with E-state index in [1.54, 1.807) is 11.3 Å². The van der Waals surface area contributed by atoms with Crippen LogP contribution in [0.15, 0.2) is 15.9 Å². The van der Waals surface area contributed by atoms with Gasteiger partial charge in [-0.1, -0.05) is 0 Å². The highest BCUT2D eigenvalue weighted by molar-refractivity contribution is 9.11. The maximum atomic E-state index is 9.10. The minimum Gasteiger partial charge on any atom is -0.393 e. The Balaban J connectivity index is 2.32. The van der Waals surface area contributed by atoms with Crippen molar-refractivity contribution in [2.24, 2.45) is 0 Å². The molecule has 2 nitrogen and oxygen atoms in total. The third-order valence-corrected chi connectivity index (χ3v) is 3.84. The first-order chi connectivity index (χ1) is 6.59. The monoisotopic (exact) mass is 277 g/mol. The standard InChI is InChI=1S/C10H16BrNOS/c1-7(13)5-6-12-8(2)9-3-4-10(11)14-9/h3-4,7-8,12-13H,5-6H2,1-2H3/t7-,8+/m0/s1. The third kappa shape index (κ3) is 4.09. The molecule has 0 amide bonds. The Morgan fingerprint density at radius 2 is 2.21 bits per heavy atom. The Labute approximate surface area is 97.5 Å². The molecule has 1 aromatic rings. The second-order valence-electron chi connectivity index (χ2n) is 3.46. The van der Waals surface area contributed by atoms with Crippen molar-refractivity contribution in [3.05, 3.63) is 20.8 Å². The summed E-state index contributed by atoms with van der Waals surface area (Å²) in [5.41, 5.74) is 0. The van der Waals surface area contributed by atoms with Crippen LogP contribution in [-0.2, 0) is 0 Å². The molecule has 0 aliphatic rings. The lowest BCUT2D eigenvalue weighted by atomic mass is 10.2. The summed E-state index contributed by atoms with van der Waals surface area (Å²) < 4.78 is 1.16. The van der Waals surface area contributed by atoms with Gasteiger partial charge in [0.05, 0.1) is 9.89 Å². The van der Waals surface area contributed by atoms with Gasteiger partial charge >= 0.3 is 0 Å². The first-order valence-electron chi connectivity index (χ1n) is 4.76. The molecular formula is C10H16BrNOS. The fourth-order valence-electron chi connectivity index (χ4n) is 1.17. The number of halogens is 1. The second kappa shape index (κ2) is 5.85. The largest absolute Gasteiger partial charge is 0.393 e. The minimum absolute atomic E-state index is 0.218. The number of aliphatic hydroxyl groups is 1. The molecule has 4 heteroatoms. The van der Waals surface area contributed by atoms with Crippen molar-refractivity contribution in [1.29, 1.82) is 0 Å². The molecule has 0 bridgehead atoms. The predicted molar refractivity (Wildman–Crippen MR) is 64.7 cm³/mol. The molecule has 14 heavy (non-hydrogen) atoms. The van der Waals surface area contributed by atoms with Crippen LogP contribution in [0.1, 0.15) is 31.2 Å². The lowest BCUT2D eigenvalue weighted by Gasteiger charge is -2.12. The molecule has 2 atom stereocenters. The molecule has 0 radical (unpaired) electrons. The SMILES string of the molecule is C[C@H](O)CCN[C@H](C)c1ccc(Br)s1. The fraction of sp³-hybridized carbons (Fsp3) is 0.600. The van der Waals surface area contributed by atoms with Crippen molar-refractivity contribution in [2.75, 3.05) is 6.54 Å². The van der Waals surface area contributed by atoms with Gasteiger partial charge in [-0.2, -0.15) is 0 Å². The van der Waals surface area contributed by atoms with Crippen LogP contribution in [0.4, 0.5) is 0 Å². The van der Waals surface area contributed by atoms with E-state index < -0.39 is 0 Å². The van der Waals surface area contributed by atoms with Crippen LogP contribution in [0.2, 0.25) is 0 Å². The molecule has 0 aromatic carbocycles. The van der Waals surface area contributed by atoms with Gasteiger partial charge in [0.2, 0.25) is 0 Å². The van der Waals surface area contributed by atoms with Crippen molar-refractivity contribution in [1.82, 2.24) is 5.32 Å². The topological polar surface area (TPSA) is 32.3 Å². The normalized spacial score (nSPS) is 15.4. The van der Waals surface area contributed by atoms with E-state index in [9.17, 15) is 0 Å². The summed E-state index contributed by atoms with van der Waals surface area (Å²) in [7, 11) is 0. The Hall–Kier alpha value is 0.1000. The number of aliphatic hydroxyl groups excluding tert-OH is 1. The van der Waals surface area contributed by atoms with Gasteiger partial charge in [-0.05, 0) is 54.9 Å². The lowest BCUT2D eigenvalue weighted by molar-refractivity contribution is 0.182. The summed E-state index contributed by atoms with van der Waals surface area (Å²) in [4.78, 5) is 1.32. The summed E-state index contributed by atoms with van der Waals surface area (Å²) in [6.45, 7) is 4.81. The molecule has 80 valence electrons. The number of thiophene rings is 1. The van der Waals surface area contributed by atoms with Gasteiger partial charge in [-0.15, -0.1) is 11.3 Å². The summed E-state index contributed by atoms with van der Waals surface area (Å²) in [6.07, 6.45) is 0.585. The Morgan fingerprint density at radius 1 is 1.50 bits per heavy atom. The quantitative estimate of drug-likeness (QED) is 0.868. The Kier molecular flexibility index (Phi) is 5.09. The highest BCUT2D eigenvalue weighted by Gasteiger charge is 2.07. The smallest absolute Gasteiger partial charge is 0.0701 e. The van der Waals surface area contributed by atoms with Crippen LogP contribution in [0, 0.1) is 0 Å². The van der Waals surface area contributed by atoms with Crippen molar-refractivity contribution in [3.8, 4) is 0 Å². The maximum absolute atomic E-state index is 9.10. The van der Waals surface area contributed by atoms with Gasteiger partial charge in [0.25, 0.3) is 0 Å². The average molecular weight is 278 g/mol. The zero-order chi connectivity index (χ0) is 10.6. The van der Waals surface area contributed by atoms with Crippen LogP contribution in [0.5, 0.6) is 0 Å². The third-order valence-electron chi connectivity index (χ3n) is 2.03. The van der Waals surface area contributed by atoms with Gasteiger partial charge in [0, 0.05) is 10.9 Å². The summed E-state index contributed by atoms with van der Waals surface area (Å²) in [6, 6.07) is 4.55. The molecule has 1 heterocycles. The highest BCUT2D eigenvalue weighted by atomic mass is 79.9. The highest BCUT2D eigenvalue weighted by Crippen LogP contribution is 2.26. The maximum Gasteiger partial charge on any atom is 0.0701 e. The fourth-order valence-corrected chi connectivity index (χ4v) is 2.62. The van der Waals surface area contributed by atoms with Crippen molar-refractivity contribution >= 4 is 27.3 Å². The van der Waals surface area contributed by atoms with Crippen LogP contribution in [-0.4, -0.2) is 17.8 Å². The van der Waals surface area contributed by atoms with E-state index in [1.807, 2.05) is 6.92 Å². The molecule has 1 aromatic heterocycles. The van der Waals surface area contributed by atoms with E-state index in [1.165, 1.54) is 4.88 Å². The van der Waals surface area contributed by atoms with Gasteiger partial charge in [-0.3, -0.25) is 0 Å². The molecule has 0 saturated heterocycles. The zero-order valence-corrected chi connectivity index (χ0v) is 10.9. The number of hydrogen-bond donors (Lipinski definition) is 2. The Morgan fingerprint density at radius 3 is 2.71 bits per heavy atom. The molecule has 0 aliphatic carbocycles. The average Bonchev–Trinajstić information content (AvgIpc) is 2.51. The van der Waals surface area contributed by atoms with Crippen molar-refractivity contribution < 1.29 is 5.11 Å². The van der Waals surface area contributed by atoms with E-state index in [-0.39, 0.29) is 6.10 Å². The predicted octanol–water partition coefficient (Wildman–Crippen LogP) is 2.93. The van der Waals surface area contributed by atoms with Crippen LogP contribution < -0.4 is 5.32 Å². The molecule has 0 spiro atoms. The first-order valence-corrected chi connectivity index (χ1v) is 6.37. The van der Waals surface area contributed by atoms with Crippen molar-refractivity contribution in [2.45, 2.75) is 32.4 Å². The van der Waals surface area contributed by atoms with Gasteiger partial charge < -0.3 is 10.4 Å². The van der Waals surface area contributed by atoms with Crippen LogP contribution in [0.25, 0.3) is 0 Å². The molecule has 0 saturated carbocycles. The molecule has 0 unspecified atom stereocenters. The molecule has 0 aliphatic heterocycles. The molecule has 0 fully saturated rings. The van der Waals surface area contributed by atoms with Crippen molar-refractivity contribution in [3.63, 3.8) is 0 Å². The van der Waals surface area contributed by atoms with E-state index in [0.29, 0.717) is 6.04 Å². The van der Waals surface area contributed by atoms with E-state index in [2.05, 4.69) is 40.3 Å². The summed E-state index contributed by atoms with van der Waals surface area (Å²) in [5.74, 6) is 0. The van der Waals surface area contributed by atoms with Gasteiger partial charge in [0.15, 0.2) is 0 Å². The van der Waals surface area contributed by atoms with Crippen LogP contribution >= 0.6 is 27.3 Å². The van der Waals surface area contributed by atoms with E-state index >= 15 is 0 Å². The minimum atomic E-state index is -0.218. The van der Waals surface area contributed by atoms with Gasteiger partial charge in [-0.25, -0.2) is 0 Å². The Bertz CT molecular complexity index is 275. The number of nitrogens with one attached hydrogen (secondary N) is 1.